The summed E-state index contributed by atoms with van der Waals surface area (Å²) in [7, 11) is -1.92. The van der Waals surface area contributed by atoms with Crippen LogP contribution in [0.25, 0.3) is 0 Å². The van der Waals surface area contributed by atoms with E-state index >= 15 is 0 Å². The lowest BCUT2D eigenvalue weighted by Gasteiger charge is -2.30. The highest BCUT2D eigenvalue weighted by molar-refractivity contribution is 7.89. The van der Waals surface area contributed by atoms with Crippen LogP contribution in [-0.4, -0.2) is 41.3 Å². The van der Waals surface area contributed by atoms with Gasteiger partial charge in [0.15, 0.2) is 0 Å². The summed E-state index contributed by atoms with van der Waals surface area (Å²) in [5, 5.41) is 2.89. The average molecular weight is 453 g/mol. The molecule has 2 aromatic carbocycles. The molecule has 7 nitrogen and oxygen atoms in total. The number of aromatic nitrogens is 2. The molecule has 1 heterocycles. The number of sulfonamides is 1. The maximum absolute atomic E-state index is 13.0. The summed E-state index contributed by atoms with van der Waals surface area (Å²) >= 11 is 0. The first-order valence-electron chi connectivity index (χ1n) is 10.9. The molecule has 1 aromatic heterocycles. The third-order valence-corrected chi connectivity index (χ3v) is 7.92. The summed E-state index contributed by atoms with van der Waals surface area (Å²) in [5.41, 5.74) is 2.12. The van der Waals surface area contributed by atoms with E-state index in [-0.39, 0.29) is 16.8 Å². The Morgan fingerprint density at radius 1 is 1.12 bits per heavy atom. The van der Waals surface area contributed by atoms with Crippen LogP contribution in [0.4, 0.5) is 5.69 Å². The lowest BCUT2D eigenvalue weighted by atomic mass is 9.96. The van der Waals surface area contributed by atoms with E-state index in [9.17, 15) is 13.2 Å². The fourth-order valence-electron chi connectivity index (χ4n) is 4.13. The lowest BCUT2D eigenvalue weighted by Crippen LogP contribution is -2.38. The smallest absolute Gasteiger partial charge is 0.255 e. The van der Waals surface area contributed by atoms with Crippen LogP contribution in [0.3, 0.4) is 0 Å². The predicted octanol–water partition coefficient (Wildman–Crippen LogP) is 4.14. The van der Waals surface area contributed by atoms with E-state index in [4.69, 9.17) is 0 Å². The Morgan fingerprint density at radius 3 is 2.56 bits per heavy atom. The number of hydrogen-bond acceptors (Lipinski definition) is 4. The molecule has 0 atom stereocenters. The molecule has 168 valence electrons. The quantitative estimate of drug-likeness (QED) is 0.584. The fourth-order valence-corrected chi connectivity index (χ4v) is 5.54. The molecule has 1 amide bonds. The SMILES string of the molecule is CN(C1CCCCC1)S(=O)(=O)c1ccc(C(=O)Nc2cccc(Cn3ccnc3)c2)cc1. The fraction of sp³-hybridized carbons (Fsp3) is 0.333. The van der Waals surface area contributed by atoms with Gasteiger partial charge in [-0.2, -0.15) is 4.31 Å². The van der Waals surface area contributed by atoms with Gasteiger partial charge in [0.1, 0.15) is 0 Å². The largest absolute Gasteiger partial charge is 0.333 e. The van der Waals surface area contributed by atoms with Crippen LogP contribution in [-0.2, 0) is 16.6 Å². The minimum Gasteiger partial charge on any atom is -0.333 e. The third-order valence-electron chi connectivity index (χ3n) is 5.99. The van der Waals surface area contributed by atoms with Crippen molar-refractivity contribution in [1.29, 1.82) is 0 Å². The molecule has 0 radical (unpaired) electrons. The van der Waals surface area contributed by atoms with E-state index in [0.29, 0.717) is 17.8 Å². The molecule has 0 aliphatic heterocycles. The van der Waals surface area contributed by atoms with Crippen LogP contribution >= 0.6 is 0 Å². The number of nitrogens with one attached hydrogen (secondary N) is 1. The topological polar surface area (TPSA) is 84.3 Å². The molecule has 4 rings (SSSR count). The standard InChI is InChI=1S/C24H28N4O3S/c1-27(22-8-3-2-4-9-22)32(30,31)23-12-10-20(11-13-23)24(29)26-21-7-5-6-19(16-21)17-28-15-14-25-18-28/h5-7,10-16,18,22H,2-4,8-9,17H2,1H3,(H,26,29). The first-order valence-corrected chi connectivity index (χ1v) is 12.3. The average Bonchev–Trinajstić information content (AvgIpc) is 3.32. The van der Waals surface area contributed by atoms with Crippen molar-refractivity contribution in [3.8, 4) is 0 Å². The minimum atomic E-state index is -3.58. The van der Waals surface area contributed by atoms with Crippen molar-refractivity contribution in [2.75, 3.05) is 12.4 Å². The number of imidazole rings is 1. The van der Waals surface area contributed by atoms with E-state index < -0.39 is 10.0 Å². The molecule has 0 unspecified atom stereocenters. The Kier molecular flexibility index (Phi) is 6.72. The first kappa shape index (κ1) is 22.2. The van der Waals surface area contributed by atoms with Gasteiger partial charge in [-0.15, -0.1) is 0 Å². The maximum atomic E-state index is 13.0. The van der Waals surface area contributed by atoms with Gasteiger partial charge in [0.25, 0.3) is 5.91 Å². The molecule has 0 bridgehead atoms. The summed E-state index contributed by atoms with van der Waals surface area (Å²) in [5.74, 6) is -0.283. The number of anilines is 1. The highest BCUT2D eigenvalue weighted by atomic mass is 32.2. The van der Waals surface area contributed by atoms with Crippen molar-refractivity contribution in [2.45, 2.75) is 49.6 Å². The molecular weight excluding hydrogens is 424 g/mol. The Morgan fingerprint density at radius 2 is 1.88 bits per heavy atom. The number of rotatable bonds is 7. The molecule has 1 fully saturated rings. The van der Waals surface area contributed by atoms with E-state index in [1.54, 1.807) is 31.7 Å². The second-order valence-corrected chi connectivity index (χ2v) is 10.2. The minimum absolute atomic E-state index is 0.0475. The third kappa shape index (κ3) is 5.08. The Labute approximate surface area is 189 Å². The van der Waals surface area contributed by atoms with Gasteiger partial charge in [0, 0.05) is 43.3 Å². The Hall–Kier alpha value is -2.97. The monoisotopic (exact) mass is 452 g/mol. The van der Waals surface area contributed by atoms with Gasteiger partial charge in [-0.3, -0.25) is 4.79 Å². The summed E-state index contributed by atoms with van der Waals surface area (Å²) < 4.78 is 29.4. The molecule has 1 aliphatic rings. The molecule has 1 saturated carbocycles. The second kappa shape index (κ2) is 9.67. The van der Waals surface area contributed by atoms with Crippen LogP contribution in [0, 0.1) is 0 Å². The van der Waals surface area contributed by atoms with Crippen molar-refractivity contribution in [1.82, 2.24) is 13.9 Å². The van der Waals surface area contributed by atoms with E-state index in [1.807, 2.05) is 35.0 Å². The van der Waals surface area contributed by atoms with Crippen LogP contribution in [0.1, 0.15) is 48.0 Å². The van der Waals surface area contributed by atoms with E-state index in [2.05, 4.69) is 10.3 Å². The number of nitrogens with zero attached hydrogens (tertiary/aromatic N) is 3. The molecule has 1 N–H and O–H groups in total. The number of hydrogen-bond donors (Lipinski definition) is 1. The molecule has 8 heteroatoms. The molecular formula is C24H28N4O3S. The highest BCUT2D eigenvalue weighted by Gasteiger charge is 2.29. The summed E-state index contributed by atoms with van der Waals surface area (Å²) in [6.07, 6.45) is 10.4. The molecule has 3 aromatic rings. The van der Waals surface area contributed by atoms with Gasteiger partial charge in [-0.05, 0) is 54.8 Å². The van der Waals surface area contributed by atoms with Gasteiger partial charge < -0.3 is 9.88 Å². The highest BCUT2D eigenvalue weighted by Crippen LogP contribution is 2.26. The molecule has 0 spiro atoms. The van der Waals surface area contributed by atoms with Crippen molar-refractivity contribution in [2.24, 2.45) is 0 Å². The zero-order valence-electron chi connectivity index (χ0n) is 18.1. The van der Waals surface area contributed by atoms with Crippen LogP contribution in [0.2, 0.25) is 0 Å². The van der Waals surface area contributed by atoms with Crippen molar-refractivity contribution in [3.63, 3.8) is 0 Å². The number of carbonyl (C=O) groups excluding carboxylic acids is 1. The zero-order chi connectivity index (χ0) is 22.6. The van der Waals surface area contributed by atoms with Crippen LogP contribution in [0.5, 0.6) is 0 Å². The number of amides is 1. The van der Waals surface area contributed by atoms with Crippen molar-refractivity contribution < 1.29 is 13.2 Å². The summed E-state index contributed by atoms with van der Waals surface area (Å²) in [6, 6.07) is 13.8. The van der Waals surface area contributed by atoms with E-state index in [0.717, 1.165) is 31.2 Å². The van der Waals surface area contributed by atoms with Gasteiger partial charge in [-0.1, -0.05) is 31.4 Å². The van der Waals surface area contributed by atoms with Crippen molar-refractivity contribution >= 4 is 21.6 Å². The van der Waals surface area contributed by atoms with Gasteiger partial charge in [0.05, 0.1) is 11.2 Å². The number of carbonyl (C=O) groups is 1. The van der Waals surface area contributed by atoms with Gasteiger partial charge in [0.2, 0.25) is 10.0 Å². The van der Waals surface area contributed by atoms with Gasteiger partial charge in [-0.25, -0.2) is 13.4 Å². The van der Waals surface area contributed by atoms with Crippen LogP contribution in [0.15, 0.2) is 72.1 Å². The Bertz CT molecular complexity index is 1150. The number of benzene rings is 2. The van der Waals surface area contributed by atoms with E-state index in [1.165, 1.54) is 22.9 Å². The lowest BCUT2D eigenvalue weighted by molar-refractivity contribution is 0.102. The normalized spacial score (nSPS) is 15.1. The summed E-state index contributed by atoms with van der Waals surface area (Å²) in [4.78, 5) is 16.9. The second-order valence-electron chi connectivity index (χ2n) is 8.23. The maximum Gasteiger partial charge on any atom is 0.255 e. The molecule has 0 saturated heterocycles. The molecule has 32 heavy (non-hydrogen) atoms. The summed E-state index contributed by atoms with van der Waals surface area (Å²) in [6.45, 7) is 0.658. The predicted molar refractivity (Wildman–Crippen MR) is 124 cm³/mol. The molecule has 1 aliphatic carbocycles. The van der Waals surface area contributed by atoms with Gasteiger partial charge >= 0.3 is 0 Å². The first-order chi connectivity index (χ1) is 15.4. The van der Waals surface area contributed by atoms with Crippen LogP contribution < -0.4 is 5.32 Å². The Balaban J connectivity index is 1.43. The zero-order valence-corrected chi connectivity index (χ0v) is 19.0. The van der Waals surface area contributed by atoms with Crippen molar-refractivity contribution in [3.05, 3.63) is 78.4 Å².